The molecule has 1 atom stereocenters. The molecule has 0 spiro atoms. The van der Waals surface area contributed by atoms with E-state index in [2.05, 4.69) is 21.2 Å². The molecule has 0 aromatic heterocycles. The number of likely N-dealkylation sites (tertiary alicyclic amines) is 1. The van der Waals surface area contributed by atoms with Gasteiger partial charge in [0.2, 0.25) is 5.91 Å². The Morgan fingerprint density at radius 3 is 2.58 bits per heavy atom. The molecule has 1 unspecified atom stereocenters. The summed E-state index contributed by atoms with van der Waals surface area (Å²) in [7, 11) is -0.179. The second kappa shape index (κ2) is 5.83. The van der Waals surface area contributed by atoms with Crippen LogP contribution in [0.5, 0.6) is 0 Å². The average Bonchev–Trinajstić information content (AvgIpc) is 2.36. The van der Waals surface area contributed by atoms with Gasteiger partial charge < -0.3 is 10.2 Å². The van der Waals surface area contributed by atoms with Crippen LogP contribution in [0, 0.1) is 5.92 Å². The summed E-state index contributed by atoms with van der Waals surface area (Å²) in [4.78, 5) is 25.2. The minimum absolute atomic E-state index is 0.0873. The van der Waals surface area contributed by atoms with Gasteiger partial charge in [0.15, 0.2) is 0 Å². The number of rotatable bonds is 2. The molecule has 102 valence electrons. The number of amides is 2. The van der Waals surface area contributed by atoms with Gasteiger partial charge in [-0.25, -0.2) is 4.21 Å². The first-order valence-corrected chi connectivity index (χ1v) is 7.65. The maximum atomic E-state index is 12.1. The van der Waals surface area contributed by atoms with Crippen LogP contribution in [-0.4, -0.2) is 40.4 Å². The molecule has 1 aromatic rings. The Labute approximate surface area is 121 Å². The molecule has 1 aliphatic heterocycles. The topological polar surface area (TPSA) is 66.5 Å². The first-order valence-electron chi connectivity index (χ1n) is 5.71. The van der Waals surface area contributed by atoms with E-state index in [0.29, 0.717) is 22.5 Å². The van der Waals surface area contributed by atoms with Gasteiger partial charge in [0, 0.05) is 24.6 Å². The van der Waals surface area contributed by atoms with E-state index in [-0.39, 0.29) is 11.8 Å². The van der Waals surface area contributed by atoms with Gasteiger partial charge in [-0.05, 0) is 28.1 Å². The Morgan fingerprint density at radius 2 is 2.00 bits per heavy atom. The molecule has 1 fully saturated rings. The molecular weight excluding hydrogens is 332 g/mol. The van der Waals surface area contributed by atoms with Crippen molar-refractivity contribution in [3.05, 3.63) is 28.7 Å². The predicted molar refractivity (Wildman–Crippen MR) is 75.1 cm³/mol. The van der Waals surface area contributed by atoms with Crippen LogP contribution in [0.15, 0.2) is 33.6 Å². The molecule has 0 bridgehead atoms. The SMILES string of the molecule is CNC(=O)C1CN(C(=O)S(=O)c2ccccc2Br)C1. The van der Waals surface area contributed by atoms with E-state index < -0.39 is 16.0 Å². The zero-order chi connectivity index (χ0) is 14.0. The molecule has 7 heteroatoms. The summed E-state index contributed by atoms with van der Waals surface area (Å²) in [5, 5.41) is 2.08. The number of halogens is 1. The fraction of sp³-hybridized carbons (Fsp3) is 0.333. The zero-order valence-electron chi connectivity index (χ0n) is 10.3. The van der Waals surface area contributed by atoms with Gasteiger partial charge in [0.05, 0.1) is 10.8 Å². The van der Waals surface area contributed by atoms with Gasteiger partial charge >= 0.3 is 5.24 Å². The molecule has 0 saturated carbocycles. The van der Waals surface area contributed by atoms with Gasteiger partial charge in [0.1, 0.15) is 10.8 Å². The second-order valence-corrected chi connectivity index (χ2v) is 6.36. The van der Waals surface area contributed by atoms with Crippen molar-refractivity contribution in [1.82, 2.24) is 10.2 Å². The predicted octanol–water partition coefficient (Wildman–Crippen LogP) is 1.35. The van der Waals surface area contributed by atoms with Crippen molar-refractivity contribution < 1.29 is 13.8 Å². The molecule has 1 aromatic carbocycles. The van der Waals surface area contributed by atoms with Crippen LogP contribution in [0.1, 0.15) is 0 Å². The molecule has 0 aliphatic carbocycles. The highest BCUT2D eigenvalue weighted by molar-refractivity contribution is 9.10. The van der Waals surface area contributed by atoms with Crippen molar-refractivity contribution in [1.29, 1.82) is 0 Å². The van der Waals surface area contributed by atoms with Crippen LogP contribution in [0.4, 0.5) is 4.79 Å². The third-order valence-electron chi connectivity index (χ3n) is 2.95. The second-order valence-electron chi connectivity index (χ2n) is 4.18. The lowest BCUT2D eigenvalue weighted by molar-refractivity contribution is -0.128. The number of nitrogens with zero attached hydrogens (tertiary/aromatic N) is 1. The maximum absolute atomic E-state index is 12.1. The van der Waals surface area contributed by atoms with Gasteiger partial charge in [-0.1, -0.05) is 12.1 Å². The number of carbonyl (C=O) groups excluding carboxylic acids is 2. The van der Waals surface area contributed by atoms with Crippen LogP contribution >= 0.6 is 15.9 Å². The molecule has 19 heavy (non-hydrogen) atoms. The molecular formula is C12H13BrN2O3S. The number of benzene rings is 1. The van der Waals surface area contributed by atoms with Gasteiger partial charge in [-0.3, -0.25) is 9.59 Å². The molecule has 5 nitrogen and oxygen atoms in total. The van der Waals surface area contributed by atoms with E-state index in [0.717, 1.165) is 0 Å². The summed E-state index contributed by atoms with van der Waals surface area (Å²) in [6.07, 6.45) is 0. The number of hydrogen-bond acceptors (Lipinski definition) is 3. The largest absolute Gasteiger partial charge is 0.359 e. The molecule has 1 saturated heterocycles. The molecule has 1 aliphatic rings. The van der Waals surface area contributed by atoms with E-state index in [1.54, 1.807) is 31.3 Å². The lowest BCUT2D eigenvalue weighted by Gasteiger charge is -2.37. The standard InChI is InChI=1S/C12H13BrN2O3S/c1-14-11(16)8-6-15(7-8)12(17)19(18)10-5-3-2-4-9(10)13/h2-5,8H,6-7H2,1H3,(H,14,16). The maximum Gasteiger partial charge on any atom is 0.316 e. The summed E-state index contributed by atoms with van der Waals surface area (Å²) in [6.45, 7) is 0.656. The zero-order valence-corrected chi connectivity index (χ0v) is 12.7. The molecule has 0 radical (unpaired) electrons. The minimum atomic E-state index is -1.74. The first-order chi connectivity index (χ1) is 9.04. The minimum Gasteiger partial charge on any atom is -0.359 e. The van der Waals surface area contributed by atoms with Crippen LogP contribution in [0.25, 0.3) is 0 Å². The van der Waals surface area contributed by atoms with E-state index in [9.17, 15) is 13.8 Å². The lowest BCUT2D eigenvalue weighted by Crippen LogP contribution is -2.55. The van der Waals surface area contributed by atoms with E-state index in [1.807, 2.05) is 0 Å². The monoisotopic (exact) mass is 344 g/mol. The first kappa shape index (κ1) is 14.2. The molecule has 1 heterocycles. The van der Waals surface area contributed by atoms with Gasteiger partial charge in [-0.2, -0.15) is 0 Å². The average molecular weight is 345 g/mol. The van der Waals surface area contributed by atoms with Crippen molar-refractivity contribution in [2.75, 3.05) is 20.1 Å². The lowest BCUT2D eigenvalue weighted by atomic mass is 10.0. The summed E-state index contributed by atoms with van der Waals surface area (Å²) >= 11 is 3.27. The van der Waals surface area contributed by atoms with Crippen molar-refractivity contribution in [2.24, 2.45) is 5.92 Å². The van der Waals surface area contributed by atoms with E-state index in [1.165, 1.54) is 4.90 Å². The highest BCUT2D eigenvalue weighted by atomic mass is 79.9. The van der Waals surface area contributed by atoms with E-state index in [4.69, 9.17) is 0 Å². The number of carbonyl (C=O) groups is 2. The van der Waals surface area contributed by atoms with Crippen LogP contribution in [-0.2, 0) is 15.6 Å². The summed E-state index contributed by atoms with van der Waals surface area (Å²) in [6, 6.07) is 6.91. The number of hydrogen-bond donors (Lipinski definition) is 1. The Morgan fingerprint density at radius 1 is 1.37 bits per heavy atom. The van der Waals surface area contributed by atoms with Crippen molar-refractivity contribution in [3.8, 4) is 0 Å². The quantitative estimate of drug-likeness (QED) is 0.880. The van der Waals surface area contributed by atoms with Gasteiger partial charge in [0.25, 0.3) is 0 Å². The van der Waals surface area contributed by atoms with Crippen molar-refractivity contribution in [3.63, 3.8) is 0 Å². The fourth-order valence-electron chi connectivity index (χ4n) is 1.80. The van der Waals surface area contributed by atoms with Crippen LogP contribution in [0.2, 0.25) is 0 Å². The summed E-state index contributed by atoms with van der Waals surface area (Å²) in [5.74, 6) is -0.277. The Kier molecular flexibility index (Phi) is 4.36. The normalized spacial score (nSPS) is 16.6. The Bertz CT molecular complexity index is 544. The van der Waals surface area contributed by atoms with Crippen LogP contribution in [0.3, 0.4) is 0 Å². The summed E-state index contributed by atoms with van der Waals surface area (Å²) < 4.78 is 12.8. The third kappa shape index (κ3) is 2.87. The third-order valence-corrected chi connectivity index (χ3v) is 5.24. The molecule has 2 rings (SSSR count). The highest BCUT2D eigenvalue weighted by Gasteiger charge is 2.37. The summed E-state index contributed by atoms with van der Waals surface area (Å²) in [5.41, 5.74) is 0. The smallest absolute Gasteiger partial charge is 0.316 e. The van der Waals surface area contributed by atoms with Gasteiger partial charge in [-0.15, -0.1) is 0 Å². The van der Waals surface area contributed by atoms with Crippen molar-refractivity contribution in [2.45, 2.75) is 4.90 Å². The Balaban J connectivity index is 2.01. The highest BCUT2D eigenvalue weighted by Crippen LogP contribution is 2.24. The molecule has 2 amide bonds. The van der Waals surface area contributed by atoms with Crippen LogP contribution < -0.4 is 5.32 Å². The fourth-order valence-corrected chi connectivity index (χ4v) is 3.55. The van der Waals surface area contributed by atoms with Crippen molar-refractivity contribution >= 4 is 37.9 Å². The molecule has 1 N–H and O–H groups in total. The Hall–Kier alpha value is -1.21. The van der Waals surface area contributed by atoms with E-state index >= 15 is 0 Å². The number of nitrogens with one attached hydrogen (secondary N) is 1.